The fourth-order valence-electron chi connectivity index (χ4n) is 0.303. The molecule has 0 aliphatic carbocycles. The van der Waals surface area contributed by atoms with Crippen molar-refractivity contribution in [3.63, 3.8) is 0 Å². The summed E-state index contributed by atoms with van der Waals surface area (Å²) in [6, 6.07) is 0. The molecule has 0 fully saturated rings. The van der Waals surface area contributed by atoms with Gasteiger partial charge in [-0.05, 0) is 0 Å². The van der Waals surface area contributed by atoms with E-state index in [1.54, 1.807) is 0 Å². The monoisotopic (exact) mass is 201 g/mol. The third-order valence-electron chi connectivity index (χ3n) is 0.679. The standard InChI is InChI=1S/C2H2O.2C2H4.Rh/c1-2-3;2*1-2;/h1H2;2*1H,2H3;. The Balaban J connectivity index is 3.93. The Morgan fingerprint density at radius 3 is 2.12 bits per heavy atom. The molecule has 0 amide bonds. The second-order valence-corrected chi connectivity index (χ2v) is 5.39. The predicted octanol–water partition coefficient (Wildman–Crippen LogP) is 0.777. The average molecular weight is 201 g/mol. The van der Waals surface area contributed by atoms with E-state index in [2.05, 4.69) is 9.22 Å². The van der Waals surface area contributed by atoms with Gasteiger partial charge in [0, 0.05) is 0 Å². The molecule has 0 N–H and O–H groups in total. The van der Waals surface area contributed by atoms with Gasteiger partial charge in [-0.2, -0.15) is 0 Å². The van der Waals surface area contributed by atoms with E-state index in [-0.39, 0.29) is 0 Å². The van der Waals surface area contributed by atoms with Crippen LogP contribution in [0.5, 0.6) is 0 Å². The van der Waals surface area contributed by atoms with Crippen molar-refractivity contribution >= 4 is 15.5 Å². The number of rotatable bonds is 2. The van der Waals surface area contributed by atoms with Gasteiger partial charge in [-0.25, -0.2) is 0 Å². The Labute approximate surface area is 54.7 Å². The summed E-state index contributed by atoms with van der Waals surface area (Å²) in [4.78, 5) is 9.80. The quantitative estimate of drug-likeness (QED) is 0.603. The van der Waals surface area contributed by atoms with Gasteiger partial charge in [0.1, 0.15) is 0 Å². The van der Waals surface area contributed by atoms with E-state index in [0.717, 1.165) is 0 Å². The molecule has 0 aromatic carbocycles. The molecule has 0 saturated carbocycles. The van der Waals surface area contributed by atoms with Gasteiger partial charge in [0.2, 0.25) is 0 Å². The number of carbonyl (C=O) groups excluding carboxylic acids is 1. The van der Waals surface area contributed by atoms with Gasteiger partial charge in [0.15, 0.2) is 0 Å². The molecule has 1 nitrogen and oxygen atoms in total. The first-order valence-corrected chi connectivity index (χ1v) is 5.38. The van der Waals surface area contributed by atoms with Crippen LogP contribution in [0.2, 0.25) is 5.02 Å². The molecule has 0 rings (SSSR count). The Hall–Kier alpha value is 0.0334. The zero-order valence-corrected chi connectivity index (χ0v) is 6.74. The third-order valence-corrected chi connectivity index (χ3v) is 4.01. The van der Waals surface area contributed by atoms with E-state index in [1.165, 1.54) is 0 Å². The zero-order valence-electron chi connectivity index (χ0n) is 5.10. The van der Waals surface area contributed by atoms with Gasteiger partial charge in [0.05, 0.1) is 0 Å². The second-order valence-electron chi connectivity index (χ2n) is 1.03. The normalized spacial score (nSPS) is 16.5. The summed E-state index contributed by atoms with van der Waals surface area (Å²) in [5.74, 6) is 0. The minimum atomic E-state index is -0.789. The molecule has 8 heavy (non-hydrogen) atoms. The SMILES string of the molecule is C/[CH]=[Rh](=[CH]\C)/[CH2][C]=O. The van der Waals surface area contributed by atoms with E-state index in [4.69, 9.17) is 0 Å². The molecule has 0 spiro atoms. The first kappa shape index (κ1) is 8.03. The average Bonchev–Trinajstić information content (AvgIpc) is 1.83. The molecule has 0 aromatic rings. The van der Waals surface area contributed by atoms with Crippen LogP contribution in [-0.4, -0.2) is 15.5 Å². The van der Waals surface area contributed by atoms with E-state index in [9.17, 15) is 4.79 Å². The Kier molecular flexibility index (Phi) is 5.20. The van der Waals surface area contributed by atoms with Crippen LogP contribution in [0.15, 0.2) is 0 Å². The van der Waals surface area contributed by atoms with Crippen LogP contribution in [-0.2, 0) is 19.8 Å². The summed E-state index contributed by atoms with van der Waals surface area (Å²) in [5, 5.41) is 0.637. The molecule has 49 valence electrons. The molecule has 0 unspecified atom stereocenters. The van der Waals surface area contributed by atoms with Crippen molar-refractivity contribution in [3.05, 3.63) is 0 Å². The van der Waals surface area contributed by atoms with Crippen molar-refractivity contribution in [3.8, 4) is 0 Å². The van der Waals surface area contributed by atoms with Crippen molar-refractivity contribution in [2.75, 3.05) is 0 Å². The van der Waals surface area contributed by atoms with Crippen LogP contribution in [0.1, 0.15) is 13.8 Å². The summed E-state index contributed by atoms with van der Waals surface area (Å²) in [7, 11) is 0. The second kappa shape index (κ2) is 5.18. The van der Waals surface area contributed by atoms with Crippen LogP contribution >= 0.6 is 0 Å². The Bertz CT molecular complexity index is 131. The van der Waals surface area contributed by atoms with Crippen molar-refractivity contribution < 1.29 is 19.8 Å². The van der Waals surface area contributed by atoms with Gasteiger partial charge in [-0.1, -0.05) is 0 Å². The number of hydrogen-bond acceptors (Lipinski definition) is 1. The molecular formula is C6H10ORh. The van der Waals surface area contributed by atoms with Crippen LogP contribution in [0, 0.1) is 0 Å². The van der Waals surface area contributed by atoms with Gasteiger partial charge in [-0.3, -0.25) is 0 Å². The van der Waals surface area contributed by atoms with Crippen molar-refractivity contribution in [2.45, 2.75) is 18.9 Å². The molecule has 0 aliphatic rings. The van der Waals surface area contributed by atoms with Crippen molar-refractivity contribution in [1.82, 2.24) is 0 Å². The van der Waals surface area contributed by atoms with E-state index in [0.29, 0.717) is 5.02 Å². The molecule has 0 bridgehead atoms. The van der Waals surface area contributed by atoms with Gasteiger partial charge >= 0.3 is 54.2 Å². The van der Waals surface area contributed by atoms with Crippen LogP contribution < -0.4 is 0 Å². The molecule has 0 aromatic heterocycles. The fraction of sp³-hybridized carbons (Fsp3) is 0.500. The summed E-state index contributed by atoms with van der Waals surface area (Å²) in [5.41, 5.74) is 0. The first-order chi connectivity index (χ1) is 3.85. The van der Waals surface area contributed by atoms with Crippen LogP contribution in [0.25, 0.3) is 0 Å². The minimum absolute atomic E-state index is 0.637. The molecule has 0 aliphatic heterocycles. The fourth-order valence-corrected chi connectivity index (χ4v) is 1.79. The van der Waals surface area contributed by atoms with Crippen molar-refractivity contribution in [1.29, 1.82) is 0 Å². The van der Waals surface area contributed by atoms with Crippen molar-refractivity contribution in [2.24, 2.45) is 0 Å². The van der Waals surface area contributed by atoms with E-state index >= 15 is 0 Å². The summed E-state index contributed by atoms with van der Waals surface area (Å²) < 4.78 is 4.24. The van der Waals surface area contributed by atoms with E-state index < -0.39 is 15.0 Å². The molecule has 0 heterocycles. The van der Waals surface area contributed by atoms with Gasteiger partial charge < -0.3 is 0 Å². The molecule has 0 atom stereocenters. The van der Waals surface area contributed by atoms with Crippen LogP contribution in [0.3, 0.4) is 0 Å². The van der Waals surface area contributed by atoms with Gasteiger partial charge in [-0.15, -0.1) is 0 Å². The summed E-state index contributed by atoms with van der Waals surface area (Å²) >= 11 is -0.789. The molecule has 1 radical (unpaired) electrons. The van der Waals surface area contributed by atoms with Gasteiger partial charge in [0.25, 0.3) is 0 Å². The topological polar surface area (TPSA) is 17.1 Å². The number of hydrogen-bond donors (Lipinski definition) is 0. The summed E-state index contributed by atoms with van der Waals surface area (Å²) in [6.45, 7) is 4.01. The predicted molar refractivity (Wildman–Crippen MR) is 34.0 cm³/mol. The maximum absolute atomic E-state index is 9.80. The van der Waals surface area contributed by atoms with E-state index in [1.807, 2.05) is 20.1 Å². The zero-order chi connectivity index (χ0) is 6.41. The third kappa shape index (κ3) is 3.09. The maximum atomic E-state index is 9.80. The van der Waals surface area contributed by atoms with Crippen LogP contribution in [0.4, 0.5) is 0 Å². The Morgan fingerprint density at radius 1 is 1.50 bits per heavy atom. The molecular weight excluding hydrogens is 191 g/mol. The molecule has 2 heteroatoms. The molecule has 0 saturated heterocycles. The first-order valence-electron chi connectivity index (χ1n) is 2.33. The Morgan fingerprint density at radius 2 is 2.00 bits per heavy atom. The summed E-state index contributed by atoms with van der Waals surface area (Å²) in [6.07, 6.45) is 1.91.